The van der Waals surface area contributed by atoms with Gasteiger partial charge in [0, 0.05) is 25.8 Å². The van der Waals surface area contributed by atoms with Crippen LogP contribution in [0.5, 0.6) is 11.5 Å². The molecule has 0 bridgehead atoms. The number of carbonyl (C=O) groups is 1. The molecule has 0 spiro atoms. The third-order valence-corrected chi connectivity index (χ3v) is 4.63. The van der Waals surface area contributed by atoms with Crippen molar-refractivity contribution in [3.05, 3.63) is 81.8 Å². The zero-order valence-corrected chi connectivity index (χ0v) is 16.4. The zero-order valence-electron chi connectivity index (χ0n) is 16.4. The molecule has 4 rings (SSSR count). The topological polar surface area (TPSA) is 100 Å². The lowest BCUT2D eigenvalue weighted by atomic mass is 10.3. The molecule has 0 aliphatic heterocycles. The van der Waals surface area contributed by atoms with Crippen LogP contribution in [-0.2, 0) is 25.4 Å². The molecule has 2 aromatic carbocycles. The molecule has 9 heteroatoms. The Hall–Kier alpha value is -4.14. The number of nitrogens with one attached hydrogen (secondary N) is 1. The van der Waals surface area contributed by atoms with E-state index in [0.717, 1.165) is 4.57 Å². The first-order chi connectivity index (χ1) is 14.4. The summed E-state index contributed by atoms with van der Waals surface area (Å²) >= 11 is 0. The molecule has 30 heavy (non-hydrogen) atoms. The SMILES string of the molecule is Cn1c(=O)c2c(ncn2CC(=O)Nc2cccc(Oc3ccccc3)c2)n(C)c1=O. The third-order valence-electron chi connectivity index (χ3n) is 4.63. The number of fused-ring (bicyclic) bond motifs is 1. The number of imidazole rings is 1. The highest BCUT2D eigenvalue weighted by Crippen LogP contribution is 2.23. The van der Waals surface area contributed by atoms with Crippen molar-refractivity contribution < 1.29 is 9.53 Å². The molecule has 0 saturated carbocycles. The van der Waals surface area contributed by atoms with Crippen LogP contribution in [0.2, 0.25) is 0 Å². The van der Waals surface area contributed by atoms with Crippen molar-refractivity contribution >= 4 is 22.8 Å². The predicted octanol–water partition coefficient (Wildman–Crippen LogP) is 1.86. The van der Waals surface area contributed by atoms with Gasteiger partial charge in [-0.25, -0.2) is 9.78 Å². The van der Waals surface area contributed by atoms with Gasteiger partial charge in [-0.1, -0.05) is 24.3 Å². The molecule has 1 amide bonds. The van der Waals surface area contributed by atoms with Gasteiger partial charge in [0.2, 0.25) is 5.91 Å². The summed E-state index contributed by atoms with van der Waals surface area (Å²) in [6, 6.07) is 16.3. The van der Waals surface area contributed by atoms with Crippen molar-refractivity contribution in [3.8, 4) is 11.5 Å². The lowest BCUT2D eigenvalue weighted by Gasteiger charge is -2.10. The Kier molecular flexibility index (Phi) is 4.93. The summed E-state index contributed by atoms with van der Waals surface area (Å²) in [7, 11) is 2.92. The van der Waals surface area contributed by atoms with E-state index in [1.807, 2.05) is 30.3 Å². The van der Waals surface area contributed by atoms with Gasteiger partial charge in [-0.2, -0.15) is 0 Å². The van der Waals surface area contributed by atoms with E-state index in [1.54, 1.807) is 24.3 Å². The molecular formula is C21H19N5O4. The zero-order chi connectivity index (χ0) is 21.3. The third kappa shape index (κ3) is 3.60. The molecule has 0 aliphatic rings. The van der Waals surface area contributed by atoms with Gasteiger partial charge < -0.3 is 14.6 Å². The molecule has 0 aliphatic carbocycles. The highest BCUT2D eigenvalue weighted by Gasteiger charge is 2.16. The largest absolute Gasteiger partial charge is 0.457 e. The molecule has 0 saturated heterocycles. The summed E-state index contributed by atoms with van der Waals surface area (Å²) in [4.78, 5) is 41.2. The van der Waals surface area contributed by atoms with E-state index in [9.17, 15) is 14.4 Å². The van der Waals surface area contributed by atoms with Crippen LogP contribution in [0.4, 0.5) is 5.69 Å². The summed E-state index contributed by atoms with van der Waals surface area (Å²) in [5.41, 5.74) is -0.00249. The number of hydrogen-bond donors (Lipinski definition) is 1. The number of amides is 1. The summed E-state index contributed by atoms with van der Waals surface area (Å²) in [5.74, 6) is 0.922. The number of aromatic nitrogens is 4. The van der Waals surface area contributed by atoms with Crippen molar-refractivity contribution in [1.82, 2.24) is 18.7 Å². The van der Waals surface area contributed by atoms with Crippen molar-refractivity contribution in [2.24, 2.45) is 14.1 Å². The lowest BCUT2D eigenvalue weighted by molar-refractivity contribution is -0.116. The number of nitrogens with zero attached hydrogens (tertiary/aromatic N) is 4. The fourth-order valence-electron chi connectivity index (χ4n) is 3.13. The number of aryl methyl sites for hydroxylation is 1. The standard InChI is InChI=1S/C21H19N5O4/c1-24-19-18(20(28)25(2)21(24)29)26(13-22-19)12-17(27)23-14-7-6-10-16(11-14)30-15-8-4-3-5-9-15/h3-11,13H,12H2,1-2H3,(H,23,27). The van der Waals surface area contributed by atoms with Crippen molar-refractivity contribution in [2.75, 3.05) is 5.32 Å². The summed E-state index contributed by atoms with van der Waals surface area (Å²) < 4.78 is 9.46. The van der Waals surface area contributed by atoms with Crippen LogP contribution in [0.1, 0.15) is 0 Å². The Balaban J connectivity index is 1.54. The van der Waals surface area contributed by atoms with Gasteiger partial charge in [0.05, 0.1) is 6.33 Å². The van der Waals surface area contributed by atoms with E-state index >= 15 is 0 Å². The molecule has 0 fully saturated rings. The number of hydrogen-bond acceptors (Lipinski definition) is 5. The first kappa shape index (κ1) is 19.2. The van der Waals surface area contributed by atoms with Gasteiger partial charge in [-0.15, -0.1) is 0 Å². The second-order valence-corrected chi connectivity index (χ2v) is 6.74. The number of ether oxygens (including phenoxy) is 1. The molecule has 9 nitrogen and oxygen atoms in total. The monoisotopic (exact) mass is 405 g/mol. The van der Waals surface area contributed by atoms with Crippen LogP contribution in [-0.4, -0.2) is 24.6 Å². The highest BCUT2D eigenvalue weighted by molar-refractivity contribution is 5.91. The van der Waals surface area contributed by atoms with Crippen LogP contribution in [0.25, 0.3) is 11.2 Å². The summed E-state index contributed by atoms with van der Waals surface area (Å²) in [6.45, 7) is -0.131. The molecule has 2 aromatic heterocycles. The van der Waals surface area contributed by atoms with Gasteiger partial charge >= 0.3 is 5.69 Å². The second kappa shape index (κ2) is 7.70. The Bertz CT molecular complexity index is 1350. The molecule has 0 atom stereocenters. The highest BCUT2D eigenvalue weighted by atomic mass is 16.5. The molecule has 0 radical (unpaired) electrons. The maximum atomic E-state index is 12.6. The summed E-state index contributed by atoms with van der Waals surface area (Å²) in [5, 5.41) is 2.79. The van der Waals surface area contributed by atoms with E-state index in [2.05, 4.69) is 10.3 Å². The maximum Gasteiger partial charge on any atom is 0.332 e. The second-order valence-electron chi connectivity index (χ2n) is 6.74. The van der Waals surface area contributed by atoms with Crippen molar-refractivity contribution in [1.29, 1.82) is 0 Å². The number of benzene rings is 2. The van der Waals surface area contributed by atoms with E-state index < -0.39 is 11.2 Å². The number of anilines is 1. The number of rotatable bonds is 5. The van der Waals surface area contributed by atoms with Gasteiger partial charge in [0.25, 0.3) is 5.56 Å². The summed E-state index contributed by atoms with van der Waals surface area (Å²) in [6.07, 6.45) is 1.38. The molecule has 4 aromatic rings. The fourth-order valence-corrected chi connectivity index (χ4v) is 3.13. The minimum Gasteiger partial charge on any atom is -0.457 e. The van der Waals surface area contributed by atoms with Crippen LogP contribution in [0.15, 0.2) is 70.5 Å². The predicted molar refractivity (Wildman–Crippen MR) is 112 cm³/mol. The van der Waals surface area contributed by atoms with E-state index in [0.29, 0.717) is 17.2 Å². The van der Waals surface area contributed by atoms with E-state index in [4.69, 9.17) is 4.74 Å². The maximum absolute atomic E-state index is 12.6. The smallest absolute Gasteiger partial charge is 0.332 e. The van der Waals surface area contributed by atoms with Crippen molar-refractivity contribution in [3.63, 3.8) is 0 Å². The lowest BCUT2D eigenvalue weighted by Crippen LogP contribution is -2.37. The Morgan fingerprint density at radius 1 is 1.00 bits per heavy atom. The Morgan fingerprint density at radius 2 is 1.73 bits per heavy atom. The van der Waals surface area contributed by atoms with Gasteiger partial charge in [-0.3, -0.25) is 18.7 Å². The van der Waals surface area contributed by atoms with E-state index in [1.165, 1.54) is 29.6 Å². The van der Waals surface area contributed by atoms with Crippen LogP contribution in [0.3, 0.4) is 0 Å². The number of para-hydroxylation sites is 1. The molecule has 0 unspecified atom stereocenters. The first-order valence-electron chi connectivity index (χ1n) is 9.17. The molecule has 152 valence electrons. The van der Waals surface area contributed by atoms with Gasteiger partial charge in [0.15, 0.2) is 11.2 Å². The average Bonchev–Trinajstić information content (AvgIpc) is 3.15. The minimum atomic E-state index is -0.503. The minimum absolute atomic E-state index is 0.131. The average molecular weight is 405 g/mol. The Labute approximate surface area is 170 Å². The van der Waals surface area contributed by atoms with E-state index in [-0.39, 0.29) is 23.6 Å². The first-order valence-corrected chi connectivity index (χ1v) is 9.17. The van der Waals surface area contributed by atoms with Crippen LogP contribution < -0.4 is 21.3 Å². The van der Waals surface area contributed by atoms with Crippen molar-refractivity contribution in [2.45, 2.75) is 6.54 Å². The Morgan fingerprint density at radius 3 is 2.50 bits per heavy atom. The van der Waals surface area contributed by atoms with Gasteiger partial charge in [-0.05, 0) is 24.3 Å². The fraction of sp³-hybridized carbons (Fsp3) is 0.143. The normalized spacial score (nSPS) is 10.9. The quantitative estimate of drug-likeness (QED) is 0.546. The molecule has 1 N–H and O–H groups in total. The van der Waals surface area contributed by atoms with Gasteiger partial charge in [0.1, 0.15) is 18.0 Å². The van der Waals surface area contributed by atoms with Crippen LogP contribution in [0, 0.1) is 0 Å². The van der Waals surface area contributed by atoms with Crippen LogP contribution >= 0.6 is 0 Å². The molecular weight excluding hydrogens is 386 g/mol. The number of carbonyl (C=O) groups excluding carboxylic acids is 1. The molecule has 2 heterocycles.